The van der Waals surface area contributed by atoms with E-state index in [9.17, 15) is 23.1 Å². The van der Waals surface area contributed by atoms with Gasteiger partial charge < -0.3 is 33.4 Å². The Morgan fingerprint density at radius 2 is 1.88 bits per heavy atom. The zero-order chi connectivity index (χ0) is 30.1. The normalized spacial score (nSPS) is 22.5. The molecule has 0 spiro atoms. The molecule has 41 heavy (non-hydrogen) atoms. The molecule has 2 heterocycles. The largest absolute Gasteiger partial charge is 0.542 e. The molecule has 1 aromatic heterocycles. The summed E-state index contributed by atoms with van der Waals surface area (Å²) in [7, 11) is 2.17. The van der Waals surface area contributed by atoms with Crippen LogP contribution in [0.25, 0.3) is 0 Å². The van der Waals surface area contributed by atoms with Crippen LogP contribution in [-0.2, 0) is 19.9 Å². The number of nitriles is 1. The summed E-state index contributed by atoms with van der Waals surface area (Å²) < 4.78 is 49.6. The van der Waals surface area contributed by atoms with Crippen LogP contribution in [0.3, 0.4) is 0 Å². The minimum absolute atomic E-state index is 0.182. The summed E-state index contributed by atoms with van der Waals surface area (Å²) in [5.74, 6) is -2.77. The Morgan fingerprint density at radius 3 is 2.49 bits per heavy atom. The number of carbonyl (C=O) groups excluding carboxylic acids is 2. The molecule has 4 rings (SSSR count). The number of aliphatic hydroxyl groups is 1. The standard InChI is InChI=1S/C27H35N2O5.C2HF3O2/c1-29(14-7-17-32-23-11-5-8-21(18-23)19-28)15-13-24(20-29)34-26(30)27(31,25-12-6-16-33-25)22-9-3-2-4-10-22;3-2(4,5)1(6)7/h5-6,8,11-12,16,18,22,24,31H,2-4,7,9-10,13-15,17,20H2,1H3;(H,6,7)/q+1;/p-1. The Bertz CT molecular complexity index is 1190. The monoisotopic (exact) mass is 580 g/mol. The van der Waals surface area contributed by atoms with E-state index in [2.05, 4.69) is 13.1 Å². The Balaban J connectivity index is 0.000000587. The molecule has 9 nitrogen and oxygen atoms in total. The van der Waals surface area contributed by atoms with Gasteiger partial charge in [0.15, 0.2) is 6.10 Å². The van der Waals surface area contributed by atoms with Gasteiger partial charge in [-0.3, -0.25) is 0 Å². The molecule has 1 aromatic carbocycles. The molecule has 224 valence electrons. The molecule has 0 radical (unpaired) electrons. The number of benzene rings is 1. The number of quaternary nitrogens is 1. The van der Waals surface area contributed by atoms with Gasteiger partial charge in [-0.1, -0.05) is 25.3 Å². The number of carboxylic acid groups (broad SMARTS) is 1. The van der Waals surface area contributed by atoms with Crippen molar-refractivity contribution in [2.75, 3.05) is 33.3 Å². The molecule has 12 heteroatoms. The minimum Gasteiger partial charge on any atom is -0.542 e. The maximum Gasteiger partial charge on any atom is 0.430 e. The predicted molar refractivity (Wildman–Crippen MR) is 137 cm³/mol. The molecule has 2 aliphatic rings. The van der Waals surface area contributed by atoms with E-state index in [1.807, 2.05) is 12.1 Å². The first-order valence-corrected chi connectivity index (χ1v) is 13.6. The fourth-order valence-corrected chi connectivity index (χ4v) is 5.45. The molecule has 1 aliphatic carbocycles. The molecule has 2 fully saturated rings. The Labute approximate surface area is 236 Å². The first-order valence-electron chi connectivity index (χ1n) is 13.6. The van der Waals surface area contributed by atoms with E-state index >= 15 is 0 Å². The Kier molecular flexibility index (Phi) is 10.8. The number of halogens is 3. The van der Waals surface area contributed by atoms with Crippen molar-refractivity contribution in [2.45, 2.75) is 62.8 Å². The molecular formula is C29H35F3N2O7. The van der Waals surface area contributed by atoms with E-state index in [-0.39, 0.29) is 17.8 Å². The number of hydrogen-bond acceptors (Lipinski definition) is 8. The molecule has 3 atom stereocenters. The third kappa shape index (κ3) is 8.71. The summed E-state index contributed by atoms with van der Waals surface area (Å²) in [6.45, 7) is 3.09. The third-order valence-corrected chi connectivity index (χ3v) is 7.62. The summed E-state index contributed by atoms with van der Waals surface area (Å²) >= 11 is 0. The number of likely N-dealkylation sites (N-methyl/N-ethyl adjacent to an activating group) is 1. The number of nitrogens with zero attached hydrogens (tertiary/aromatic N) is 2. The number of aliphatic carboxylic acids is 1. The van der Waals surface area contributed by atoms with Crippen molar-refractivity contribution < 1.29 is 51.3 Å². The lowest BCUT2D eigenvalue weighted by molar-refractivity contribution is -0.899. The first-order chi connectivity index (χ1) is 19.4. The maximum absolute atomic E-state index is 13.3. The van der Waals surface area contributed by atoms with Crippen LogP contribution < -0.4 is 9.84 Å². The lowest BCUT2D eigenvalue weighted by Crippen LogP contribution is -2.47. The van der Waals surface area contributed by atoms with Crippen molar-refractivity contribution in [3.05, 3.63) is 54.0 Å². The quantitative estimate of drug-likeness (QED) is 0.271. The number of ether oxygens (including phenoxy) is 2. The van der Waals surface area contributed by atoms with Gasteiger partial charge in [0.1, 0.15) is 24.0 Å². The highest BCUT2D eigenvalue weighted by Crippen LogP contribution is 2.41. The Morgan fingerprint density at radius 1 is 1.17 bits per heavy atom. The molecule has 1 saturated heterocycles. The summed E-state index contributed by atoms with van der Waals surface area (Å²) in [5.41, 5.74) is -1.13. The van der Waals surface area contributed by atoms with Gasteiger partial charge in [0, 0.05) is 18.8 Å². The highest BCUT2D eigenvalue weighted by atomic mass is 19.4. The second-order valence-electron chi connectivity index (χ2n) is 10.8. The number of hydrogen-bond donors (Lipinski definition) is 1. The van der Waals surface area contributed by atoms with Crippen LogP contribution in [0.1, 0.15) is 56.3 Å². The van der Waals surface area contributed by atoms with Crippen LogP contribution in [-0.4, -0.2) is 67.1 Å². The zero-order valence-electron chi connectivity index (χ0n) is 22.9. The molecule has 0 amide bonds. The van der Waals surface area contributed by atoms with E-state index in [4.69, 9.17) is 29.1 Å². The number of rotatable bonds is 9. The van der Waals surface area contributed by atoms with Crippen LogP contribution in [0.4, 0.5) is 13.2 Å². The van der Waals surface area contributed by atoms with Gasteiger partial charge >= 0.3 is 12.1 Å². The number of furan rings is 1. The van der Waals surface area contributed by atoms with E-state index in [0.29, 0.717) is 24.5 Å². The highest BCUT2D eigenvalue weighted by Gasteiger charge is 2.51. The van der Waals surface area contributed by atoms with E-state index in [1.165, 1.54) is 6.26 Å². The smallest absolute Gasteiger partial charge is 0.430 e. The van der Waals surface area contributed by atoms with Crippen molar-refractivity contribution in [2.24, 2.45) is 5.92 Å². The average Bonchev–Trinajstić information content (AvgIpc) is 3.62. The molecule has 0 bridgehead atoms. The maximum atomic E-state index is 13.3. The van der Waals surface area contributed by atoms with E-state index in [1.54, 1.807) is 24.3 Å². The topological polar surface area (TPSA) is 133 Å². The van der Waals surface area contributed by atoms with Gasteiger partial charge in [0.2, 0.25) is 5.60 Å². The lowest BCUT2D eigenvalue weighted by atomic mass is 9.75. The first kappa shape index (κ1) is 32.0. The van der Waals surface area contributed by atoms with E-state index < -0.39 is 23.7 Å². The molecule has 1 saturated carbocycles. The van der Waals surface area contributed by atoms with Crippen LogP contribution in [0.2, 0.25) is 0 Å². The van der Waals surface area contributed by atoms with E-state index in [0.717, 1.165) is 62.5 Å². The van der Waals surface area contributed by atoms with Crippen LogP contribution in [0.5, 0.6) is 5.75 Å². The fourth-order valence-electron chi connectivity index (χ4n) is 5.45. The van der Waals surface area contributed by atoms with Crippen molar-refractivity contribution in [3.8, 4) is 11.8 Å². The number of esters is 1. The number of carbonyl (C=O) groups is 2. The van der Waals surface area contributed by atoms with Gasteiger partial charge in [-0.25, -0.2) is 4.79 Å². The summed E-state index contributed by atoms with van der Waals surface area (Å²) in [6.07, 6.45) is 2.42. The zero-order valence-corrected chi connectivity index (χ0v) is 22.9. The molecule has 1 aliphatic heterocycles. The van der Waals surface area contributed by atoms with Crippen molar-refractivity contribution in [1.29, 1.82) is 5.26 Å². The Hall–Kier alpha value is -3.56. The second kappa shape index (κ2) is 13.9. The number of likely N-dealkylation sites (tertiary alicyclic amines) is 1. The molecular weight excluding hydrogens is 545 g/mol. The summed E-state index contributed by atoms with van der Waals surface area (Å²) in [5, 5.41) is 29.4. The van der Waals surface area contributed by atoms with Gasteiger partial charge in [0.25, 0.3) is 0 Å². The van der Waals surface area contributed by atoms with Crippen molar-refractivity contribution in [3.63, 3.8) is 0 Å². The van der Waals surface area contributed by atoms with Crippen LogP contribution >= 0.6 is 0 Å². The average molecular weight is 581 g/mol. The number of carboxylic acids is 1. The van der Waals surface area contributed by atoms with Crippen LogP contribution in [0.15, 0.2) is 47.1 Å². The minimum atomic E-state index is -5.19. The van der Waals surface area contributed by atoms with Gasteiger partial charge in [-0.15, -0.1) is 0 Å². The fraction of sp³-hybridized carbons (Fsp3) is 0.552. The van der Waals surface area contributed by atoms with Crippen molar-refractivity contribution >= 4 is 11.9 Å². The number of alkyl halides is 3. The summed E-state index contributed by atoms with van der Waals surface area (Å²) in [4.78, 5) is 22.1. The molecule has 1 N–H and O–H groups in total. The highest BCUT2D eigenvalue weighted by molar-refractivity contribution is 5.81. The van der Waals surface area contributed by atoms with Gasteiger partial charge in [-0.05, 0) is 43.2 Å². The molecule has 3 unspecified atom stereocenters. The SMILES string of the molecule is C[N+]1(CCCOc2cccc(C#N)c2)CCC(OC(=O)C(O)(c2ccco2)C2CCCCC2)C1.O=C([O-])C(F)(F)F. The lowest BCUT2D eigenvalue weighted by Gasteiger charge is -2.35. The van der Waals surface area contributed by atoms with Gasteiger partial charge in [-0.2, -0.15) is 18.4 Å². The van der Waals surface area contributed by atoms with Crippen LogP contribution in [0, 0.1) is 17.2 Å². The van der Waals surface area contributed by atoms with Crippen molar-refractivity contribution in [1.82, 2.24) is 0 Å². The summed E-state index contributed by atoms with van der Waals surface area (Å²) in [6, 6.07) is 12.7. The second-order valence-corrected chi connectivity index (χ2v) is 10.8. The third-order valence-electron chi connectivity index (χ3n) is 7.62. The predicted octanol–water partition coefficient (Wildman–Crippen LogP) is 3.45. The van der Waals surface area contributed by atoms with Gasteiger partial charge in [0.05, 0.1) is 44.6 Å². The molecule has 2 aromatic rings.